The van der Waals surface area contributed by atoms with Crippen LogP contribution in [0.3, 0.4) is 0 Å². The van der Waals surface area contributed by atoms with Gasteiger partial charge in [0.05, 0.1) is 5.69 Å². The Kier molecular flexibility index (Phi) is 5.69. The van der Waals surface area contributed by atoms with E-state index in [1.54, 1.807) is 10.7 Å². The number of rotatable bonds is 7. The molecule has 3 aromatic rings. The molecule has 0 spiro atoms. The summed E-state index contributed by atoms with van der Waals surface area (Å²) in [5.41, 5.74) is 3.58. The minimum absolute atomic E-state index is 0.114. The number of aromatic nitrogens is 2. The molecule has 1 heterocycles. The summed E-state index contributed by atoms with van der Waals surface area (Å²) in [6, 6.07) is 19.6. The molecule has 0 radical (unpaired) electrons. The number of benzene rings is 2. The Labute approximate surface area is 153 Å². The third kappa shape index (κ3) is 4.51. The van der Waals surface area contributed by atoms with Gasteiger partial charge in [0.1, 0.15) is 18.1 Å². The molecule has 1 N–H and O–H groups in total. The largest absolute Gasteiger partial charge is 0.489 e. The molecule has 0 saturated heterocycles. The summed E-state index contributed by atoms with van der Waals surface area (Å²) in [5, 5.41) is 7.24. The second kappa shape index (κ2) is 8.34. The molecule has 0 unspecified atom stereocenters. The number of carbonyl (C=O) groups is 1. The molecule has 2 aromatic carbocycles. The van der Waals surface area contributed by atoms with Crippen molar-refractivity contribution >= 4 is 5.91 Å². The van der Waals surface area contributed by atoms with Gasteiger partial charge in [-0.3, -0.25) is 9.48 Å². The number of aryl methyl sites for hydroxylation is 2. The molecular formula is C21H23N3O2. The number of hydrogen-bond acceptors (Lipinski definition) is 3. The molecule has 1 aromatic heterocycles. The van der Waals surface area contributed by atoms with E-state index in [4.69, 9.17) is 4.74 Å². The van der Waals surface area contributed by atoms with E-state index < -0.39 is 0 Å². The SMILES string of the molecule is CCn1nc(C)cc1C(=O)NCc1ccc(OCc2ccccc2)cc1. The van der Waals surface area contributed by atoms with Crippen molar-refractivity contribution in [3.8, 4) is 5.75 Å². The van der Waals surface area contributed by atoms with Gasteiger partial charge in [0, 0.05) is 13.1 Å². The zero-order valence-corrected chi connectivity index (χ0v) is 15.1. The number of amides is 1. The van der Waals surface area contributed by atoms with E-state index in [1.807, 2.05) is 68.4 Å². The van der Waals surface area contributed by atoms with Crippen molar-refractivity contribution in [3.05, 3.63) is 83.2 Å². The summed E-state index contributed by atoms with van der Waals surface area (Å²) < 4.78 is 7.49. The molecule has 0 bridgehead atoms. The van der Waals surface area contributed by atoms with E-state index in [1.165, 1.54) is 0 Å². The van der Waals surface area contributed by atoms with Crippen LogP contribution in [0.4, 0.5) is 0 Å². The first kappa shape index (κ1) is 17.7. The molecule has 26 heavy (non-hydrogen) atoms. The minimum atomic E-state index is -0.114. The summed E-state index contributed by atoms with van der Waals surface area (Å²) in [4.78, 5) is 12.3. The molecule has 0 aliphatic rings. The highest BCUT2D eigenvalue weighted by Crippen LogP contribution is 2.14. The fourth-order valence-electron chi connectivity index (χ4n) is 2.69. The molecule has 0 aliphatic heterocycles. The van der Waals surface area contributed by atoms with Gasteiger partial charge in [0.15, 0.2) is 0 Å². The highest BCUT2D eigenvalue weighted by Gasteiger charge is 2.12. The van der Waals surface area contributed by atoms with Gasteiger partial charge in [-0.1, -0.05) is 42.5 Å². The highest BCUT2D eigenvalue weighted by atomic mass is 16.5. The molecule has 5 heteroatoms. The van der Waals surface area contributed by atoms with Crippen LogP contribution in [0.15, 0.2) is 60.7 Å². The van der Waals surface area contributed by atoms with Crippen LogP contribution in [0, 0.1) is 6.92 Å². The zero-order valence-electron chi connectivity index (χ0n) is 15.1. The van der Waals surface area contributed by atoms with Gasteiger partial charge in [0.25, 0.3) is 5.91 Å². The van der Waals surface area contributed by atoms with Crippen LogP contribution in [-0.2, 0) is 19.7 Å². The monoisotopic (exact) mass is 349 g/mol. The summed E-state index contributed by atoms with van der Waals surface area (Å²) in [6.45, 7) is 5.53. The van der Waals surface area contributed by atoms with Gasteiger partial charge in [-0.15, -0.1) is 0 Å². The smallest absolute Gasteiger partial charge is 0.269 e. The Morgan fingerprint density at radius 2 is 1.81 bits per heavy atom. The van der Waals surface area contributed by atoms with E-state index >= 15 is 0 Å². The van der Waals surface area contributed by atoms with Gasteiger partial charge in [0.2, 0.25) is 0 Å². The second-order valence-electron chi connectivity index (χ2n) is 6.09. The molecular weight excluding hydrogens is 326 g/mol. The molecule has 0 saturated carbocycles. The number of hydrogen-bond donors (Lipinski definition) is 1. The van der Waals surface area contributed by atoms with E-state index in [2.05, 4.69) is 10.4 Å². The topological polar surface area (TPSA) is 56.2 Å². The van der Waals surface area contributed by atoms with Crippen molar-refractivity contribution < 1.29 is 9.53 Å². The Morgan fingerprint density at radius 3 is 2.50 bits per heavy atom. The van der Waals surface area contributed by atoms with Crippen LogP contribution in [0.5, 0.6) is 5.75 Å². The fourth-order valence-corrected chi connectivity index (χ4v) is 2.69. The summed E-state index contributed by atoms with van der Waals surface area (Å²) in [6.07, 6.45) is 0. The van der Waals surface area contributed by atoms with Gasteiger partial charge < -0.3 is 10.1 Å². The average Bonchev–Trinajstić information content (AvgIpc) is 3.07. The summed E-state index contributed by atoms with van der Waals surface area (Å²) in [7, 11) is 0. The number of nitrogens with one attached hydrogen (secondary N) is 1. The van der Waals surface area contributed by atoms with E-state index in [0.717, 1.165) is 22.6 Å². The summed E-state index contributed by atoms with van der Waals surface area (Å²) >= 11 is 0. The third-order valence-corrected chi connectivity index (χ3v) is 4.06. The number of nitrogens with zero attached hydrogens (tertiary/aromatic N) is 2. The van der Waals surface area contributed by atoms with Gasteiger partial charge >= 0.3 is 0 Å². The third-order valence-electron chi connectivity index (χ3n) is 4.06. The lowest BCUT2D eigenvalue weighted by Gasteiger charge is -2.09. The first-order valence-electron chi connectivity index (χ1n) is 8.74. The molecule has 0 atom stereocenters. The standard InChI is InChI=1S/C21H23N3O2/c1-3-24-20(13-16(2)23-24)21(25)22-14-17-9-11-19(12-10-17)26-15-18-7-5-4-6-8-18/h4-13H,3,14-15H2,1-2H3,(H,22,25). The number of ether oxygens (including phenoxy) is 1. The normalized spacial score (nSPS) is 10.5. The lowest BCUT2D eigenvalue weighted by molar-refractivity contribution is 0.0940. The lowest BCUT2D eigenvalue weighted by atomic mass is 10.2. The second-order valence-corrected chi connectivity index (χ2v) is 6.09. The molecule has 0 fully saturated rings. The van der Waals surface area contributed by atoms with Crippen LogP contribution in [0.25, 0.3) is 0 Å². The van der Waals surface area contributed by atoms with Crippen LogP contribution < -0.4 is 10.1 Å². The van der Waals surface area contributed by atoms with Crippen molar-refractivity contribution in [2.75, 3.05) is 0 Å². The maximum absolute atomic E-state index is 12.3. The van der Waals surface area contributed by atoms with Crippen molar-refractivity contribution in [1.29, 1.82) is 0 Å². The maximum Gasteiger partial charge on any atom is 0.269 e. The van der Waals surface area contributed by atoms with E-state index in [-0.39, 0.29) is 5.91 Å². The van der Waals surface area contributed by atoms with Gasteiger partial charge in [-0.2, -0.15) is 5.10 Å². The Bertz CT molecular complexity index is 855. The first-order chi connectivity index (χ1) is 12.7. The predicted octanol–water partition coefficient (Wildman–Crippen LogP) is 3.72. The molecule has 0 aliphatic carbocycles. The maximum atomic E-state index is 12.3. The first-order valence-corrected chi connectivity index (χ1v) is 8.74. The van der Waals surface area contributed by atoms with E-state index in [9.17, 15) is 4.79 Å². The Balaban J connectivity index is 1.53. The van der Waals surface area contributed by atoms with Gasteiger partial charge in [-0.05, 0) is 43.2 Å². The van der Waals surface area contributed by atoms with Crippen molar-refractivity contribution in [1.82, 2.24) is 15.1 Å². The Hall–Kier alpha value is -3.08. The quantitative estimate of drug-likeness (QED) is 0.707. The number of carbonyl (C=O) groups excluding carboxylic acids is 1. The average molecular weight is 349 g/mol. The highest BCUT2D eigenvalue weighted by molar-refractivity contribution is 5.92. The summed E-state index contributed by atoms with van der Waals surface area (Å²) in [5.74, 6) is 0.695. The predicted molar refractivity (Wildman–Crippen MR) is 101 cm³/mol. The Morgan fingerprint density at radius 1 is 1.08 bits per heavy atom. The molecule has 134 valence electrons. The van der Waals surface area contributed by atoms with Crippen LogP contribution in [0.2, 0.25) is 0 Å². The van der Waals surface area contributed by atoms with Crippen LogP contribution in [-0.4, -0.2) is 15.7 Å². The van der Waals surface area contributed by atoms with Gasteiger partial charge in [-0.25, -0.2) is 0 Å². The van der Waals surface area contributed by atoms with E-state index in [0.29, 0.717) is 25.4 Å². The van der Waals surface area contributed by atoms with Crippen molar-refractivity contribution in [2.45, 2.75) is 33.5 Å². The lowest BCUT2D eigenvalue weighted by Crippen LogP contribution is -2.25. The molecule has 5 nitrogen and oxygen atoms in total. The fraction of sp³-hybridized carbons (Fsp3) is 0.238. The van der Waals surface area contributed by atoms with Crippen molar-refractivity contribution in [3.63, 3.8) is 0 Å². The minimum Gasteiger partial charge on any atom is -0.489 e. The van der Waals surface area contributed by atoms with Crippen LogP contribution in [0.1, 0.15) is 34.2 Å². The zero-order chi connectivity index (χ0) is 18.4. The molecule has 3 rings (SSSR count). The van der Waals surface area contributed by atoms with Crippen molar-refractivity contribution in [2.24, 2.45) is 0 Å². The van der Waals surface area contributed by atoms with Crippen LogP contribution >= 0.6 is 0 Å². The molecule has 1 amide bonds.